The topological polar surface area (TPSA) is 80.1 Å². The molecule has 0 aliphatic heterocycles. The summed E-state index contributed by atoms with van der Waals surface area (Å²) < 4.78 is 1.37. The zero-order chi connectivity index (χ0) is 18.3. The number of benzene rings is 2. The van der Waals surface area contributed by atoms with Crippen molar-refractivity contribution in [3.8, 4) is 0 Å². The van der Waals surface area contributed by atoms with Gasteiger partial charge in [-0.25, -0.2) is 4.68 Å². The van der Waals surface area contributed by atoms with Crippen molar-refractivity contribution in [2.75, 3.05) is 19.4 Å². The lowest BCUT2D eigenvalue weighted by atomic mass is 10.0. The Balaban J connectivity index is 1.57. The molecule has 1 aromatic heterocycles. The Kier molecular flexibility index (Phi) is 3.91. The number of aryl methyl sites for hydroxylation is 2. The van der Waals surface area contributed by atoms with Crippen molar-refractivity contribution in [2.45, 2.75) is 19.4 Å². The zero-order valence-corrected chi connectivity index (χ0v) is 14.7. The van der Waals surface area contributed by atoms with Crippen LogP contribution in [0.15, 0.2) is 36.5 Å². The maximum Gasteiger partial charge on any atom is 0.277 e. The minimum Gasteiger partial charge on any atom is -0.347 e. The summed E-state index contributed by atoms with van der Waals surface area (Å²) in [5.74, 6) is -0.457. The van der Waals surface area contributed by atoms with Gasteiger partial charge in [-0.15, -0.1) is 5.10 Å². The largest absolute Gasteiger partial charge is 0.347 e. The molecular formula is C19H19N5O2. The highest BCUT2D eigenvalue weighted by Gasteiger charge is 2.18. The molecule has 2 aromatic carbocycles. The predicted octanol–water partition coefficient (Wildman–Crippen LogP) is 1.87. The molecule has 0 bridgehead atoms. The van der Waals surface area contributed by atoms with Crippen LogP contribution in [0.5, 0.6) is 0 Å². The van der Waals surface area contributed by atoms with Gasteiger partial charge in [-0.1, -0.05) is 29.5 Å². The second-order valence-electron chi connectivity index (χ2n) is 6.66. The van der Waals surface area contributed by atoms with E-state index in [-0.39, 0.29) is 24.1 Å². The summed E-state index contributed by atoms with van der Waals surface area (Å²) >= 11 is 0. The predicted molar refractivity (Wildman–Crippen MR) is 98.0 cm³/mol. The Morgan fingerprint density at radius 2 is 1.92 bits per heavy atom. The molecule has 0 saturated carbocycles. The fraction of sp³-hybridized carbons (Fsp3) is 0.263. The summed E-state index contributed by atoms with van der Waals surface area (Å²) in [6.45, 7) is 0.0499. The third-order valence-electron chi connectivity index (χ3n) is 4.69. The van der Waals surface area contributed by atoms with Crippen LogP contribution in [0.2, 0.25) is 0 Å². The Morgan fingerprint density at radius 3 is 2.69 bits per heavy atom. The van der Waals surface area contributed by atoms with Crippen LogP contribution < -0.4 is 5.32 Å². The third-order valence-corrected chi connectivity index (χ3v) is 4.69. The number of hydrogen-bond acceptors (Lipinski definition) is 4. The van der Waals surface area contributed by atoms with Crippen molar-refractivity contribution in [3.63, 3.8) is 0 Å². The minimum atomic E-state index is -0.341. The summed E-state index contributed by atoms with van der Waals surface area (Å²) in [5, 5.41) is 12.9. The van der Waals surface area contributed by atoms with Crippen LogP contribution in [0.4, 0.5) is 5.69 Å². The Morgan fingerprint density at radius 1 is 1.15 bits per heavy atom. The van der Waals surface area contributed by atoms with Crippen LogP contribution in [-0.2, 0) is 24.2 Å². The number of aromatic nitrogens is 3. The smallest absolute Gasteiger partial charge is 0.277 e. The van der Waals surface area contributed by atoms with Crippen LogP contribution in [-0.4, -0.2) is 45.8 Å². The van der Waals surface area contributed by atoms with Gasteiger partial charge in [0.2, 0.25) is 5.91 Å². The molecule has 7 nitrogen and oxygen atoms in total. The zero-order valence-electron chi connectivity index (χ0n) is 14.7. The summed E-state index contributed by atoms with van der Waals surface area (Å²) in [7, 11) is 3.34. The normalized spacial score (nSPS) is 12.4. The third kappa shape index (κ3) is 2.81. The van der Waals surface area contributed by atoms with Gasteiger partial charge >= 0.3 is 0 Å². The number of carbonyl (C=O) groups excluding carboxylic acids is 2. The maximum atomic E-state index is 12.6. The molecule has 3 aromatic rings. The second kappa shape index (κ2) is 6.25. The molecule has 0 atom stereocenters. The van der Waals surface area contributed by atoms with Crippen molar-refractivity contribution in [1.82, 2.24) is 19.9 Å². The van der Waals surface area contributed by atoms with E-state index >= 15 is 0 Å². The lowest BCUT2D eigenvalue weighted by molar-refractivity contribution is -0.129. The van der Waals surface area contributed by atoms with Crippen LogP contribution >= 0.6 is 0 Å². The molecule has 1 heterocycles. The number of amides is 2. The van der Waals surface area contributed by atoms with Crippen LogP contribution in [0, 0.1) is 0 Å². The van der Waals surface area contributed by atoms with Crippen molar-refractivity contribution < 1.29 is 9.59 Å². The van der Waals surface area contributed by atoms with E-state index in [1.807, 2.05) is 18.2 Å². The molecule has 1 aliphatic rings. The summed E-state index contributed by atoms with van der Waals surface area (Å²) in [4.78, 5) is 25.8. The van der Waals surface area contributed by atoms with Gasteiger partial charge in [0, 0.05) is 25.2 Å². The van der Waals surface area contributed by atoms with Gasteiger partial charge in [0.15, 0.2) is 5.69 Å². The Labute approximate surface area is 150 Å². The van der Waals surface area contributed by atoms with Gasteiger partial charge in [0.1, 0.15) is 6.54 Å². The monoisotopic (exact) mass is 349 g/mol. The van der Waals surface area contributed by atoms with Gasteiger partial charge in [-0.3, -0.25) is 9.59 Å². The van der Waals surface area contributed by atoms with Gasteiger partial charge in [-0.2, -0.15) is 0 Å². The summed E-state index contributed by atoms with van der Waals surface area (Å²) in [5.41, 5.74) is 3.58. The van der Waals surface area contributed by atoms with E-state index in [1.54, 1.807) is 14.1 Å². The molecule has 0 fully saturated rings. The summed E-state index contributed by atoms with van der Waals surface area (Å²) in [6.07, 6.45) is 3.56. The first kappa shape index (κ1) is 16.3. The fourth-order valence-electron chi connectivity index (χ4n) is 3.30. The fourth-order valence-corrected chi connectivity index (χ4v) is 3.30. The standard InChI is InChI=1S/C19H19N5O2/c1-23(2)17(25)11-24-10-16(21-22-24)19(26)20-15-9-8-13-7-6-12-4-3-5-14(15)18(12)13/h3-5,8-10H,6-7,11H2,1-2H3,(H,20,26). The van der Waals surface area contributed by atoms with E-state index in [0.717, 1.165) is 23.9 Å². The summed E-state index contributed by atoms with van der Waals surface area (Å²) in [6, 6.07) is 10.2. The molecule has 7 heteroatoms. The highest BCUT2D eigenvalue weighted by molar-refractivity contribution is 6.09. The Hall–Kier alpha value is -3.22. The average Bonchev–Trinajstić information content (AvgIpc) is 3.25. The quantitative estimate of drug-likeness (QED) is 0.780. The molecule has 0 spiro atoms. The molecule has 0 radical (unpaired) electrons. The number of rotatable bonds is 4. The van der Waals surface area contributed by atoms with Crippen LogP contribution in [0.1, 0.15) is 21.6 Å². The van der Waals surface area contributed by atoms with Crippen molar-refractivity contribution >= 4 is 28.3 Å². The second-order valence-corrected chi connectivity index (χ2v) is 6.66. The highest BCUT2D eigenvalue weighted by atomic mass is 16.2. The molecule has 2 amide bonds. The van der Waals surface area contributed by atoms with Crippen molar-refractivity contribution in [3.05, 3.63) is 53.3 Å². The van der Waals surface area contributed by atoms with E-state index in [4.69, 9.17) is 0 Å². The van der Waals surface area contributed by atoms with Gasteiger partial charge in [0.25, 0.3) is 5.91 Å². The van der Waals surface area contributed by atoms with Crippen molar-refractivity contribution in [1.29, 1.82) is 0 Å². The molecule has 0 unspecified atom stereocenters. The first-order chi connectivity index (χ1) is 12.5. The Bertz CT molecular complexity index is 1010. The maximum absolute atomic E-state index is 12.6. The van der Waals surface area contributed by atoms with E-state index in [9.17, 15) is 9.59 Å². The van der Waals surface area contributed by atoms with Crippen molar-refractivity contribution in [2.24, 2.45) is 0 Å². The number of carbonyl (C=O) groups is 2. The number of hydrogen-bond donors (Lipinski definition) is 1. The molecule has 26 heavy (non-hydrogen) atoms. The molecule has 0 saturated heterocycles. The number of nitrogens with one attached hydrogen (secondary N) is 1. The molecule has 4 rings (SSSR count). The average molecular weight is 349 g/mol. The SMILES string of the molecule is CN(C)C(=O)Cn1cc(C(=O)Nc2ccc3c4c(cccc24)CC3)nn1. The van der Waals surface area contributed by atoms with E-state index < -0.39 is 0 Å². The first-order valence-corrected chi connectivity index (χ1v) is 8.48. The molecule has 1 aliphatic carbocycles. The molecule has 1 N–H and O–H groups in total. The van der Waals surface area contributed by atoms with E-state index in [1.165, 1.54) is 32.3 Å². The lowest BCUT2D eigenvalue weighted by Crippen LogP contribution is -2.26. The van der Waals surface area contributed by atoms with Gasteiger partial charge in [-0.05, 0) is 35.4 Å². The molecular weight excluding hydrogens is 330 g/mol. The van der Waals surface area contributed by atoms with Crippen LogP contribution in [0.3, 0.4) is 0 Å². The lowest BCUT2D eigenvalue weighted by Gasteiger charge is -2.10. The van der Waals surface area contributed by atoms with E-state index in [2.05, 4.69) is 27.8 Å². The van der Waals surface area contributed by atoms with Gasteiger partial charge < -0.3 is 10.2 Å². The first-order valence-electron chi connectivity index (χ1n) is 8.48. The van der Waals surface area contributed by atoms with Gasteiger partial charge in [0.05, 0.1) is 6.20 Å². The number of anilines is 1. The highest BCUT2D eigenvalue weighted by Crippen LogP contribution is 2.35. The number of nitrogens with zero attached hydrogens (tertiary/aromatic N) is 4. The number of likely N-dealkylation sites (N-methyl/N-ethyl adjacent to an activating group) is 1. The molecule has 132 valence electrons. The minimum absolute atomic E-state index is 0.0499. The van der Waals surface area contributed by atoms with E-state index in [0.29, 0.717) is 0 Å². The van der Waals surface area contributed by atoms with Crippen LogP contribution in [0.25, 0.3) is 10.8 Å².